The van der Waals surface area contributed by atoms with Crippen molar-refractivity contribution in [1.29, 1.82) is 0 Å². The topological polar surface area (TPSA) is 74.8 Å². The molecule has 0 bridgehead atoms. The Bertz CT molecular complexity index is 827. The Kier molecular flexibility index (Phi) is 6.95. The van der Waals surface area contributed by atoms with Gasteiger partial charge in [-0.3, -0.25) is 4.79 Å². The minimum Gasteiger partial charge on any atom is -0.445 e. The number of rotatable bonds is 5. The number of ether oxygens (including phenoxy) is 1. The van der Waals surface area contributed by atoms with Crippen molar-refractivity contribution in [1.82, 2.24) is 15.2 Å². The number of anilines is 1. The molecule has 0 aliphatic carbocycles. The van der Waals surface area contributed by atoms with E-state index in [9.17, 15) is 9.59 Å². The monoisotopic (exact) mass is 422 g/mol. The molecular formula is C19H20Cl2N4O3. The normalized spacial score (nSPS) is 13.9. The molecule has 1 N–H and O–H groups in total. The zero-order chi connectivity index (χ0) is 19.9. The number of benzene rings is 1. The first-order chi connectivity index (χ1) is 13.5. The van der Waals surface area contributed by atoms with Crippen LogP contribution in [0.15, 0.2) is 42.6 Å². The summed E-state index contributed by atoms with van der Waals surface area (Å²) in [5, 5.41) is 3.46. The first kappa shape index (κ1) is 20.2. The summed E-state index contributed by atoms with van der Waals surface area (Å²) in [4.78, 5) is 32.0. The number of nitrogens with zero attached hydrogens (tertiary/aromatic N) is 3. The molecular weight excluding hydrogens is 403 g/mol. The van der Waals surface area contributed by atoms with Gasteiger partial charge in [-0.1, -0.05) is 53.5 Å². The fourth-order valence-corrected chi connectivity index (χ4v) is 3.34. The maximum Gasteiger partial charge on any atom is 0.407 e. The van der Waals surface area contributed by atoms with E-state index in [1.54, 1.807) is 17.2 Å². The number of amides is 2. The van der Waals surface area contributed by atoms with Crippen molar-refractivity contribution < 1.29 is 14.3 Å². The van der Waals surface area contributed by atoms with Crippen molar-refractivity contribution in [2.24, 2.45) is 0 Å². The number of carbonyl (C=O) groups excluding carboxylic acids is 2. The second kappa shape index (κ2) is 9.61. The lowest BCUT2D eigenvalue weighted by Crippen LogP contribution is -2.51. The van der Waals surface area contributed by atoms with Gasteiger partial charge in [-0.2, -0.15) is 0 Å². The number of hydrogen-bond acceptors (Lipinski definition) is 5. The Morgan fingerprint density at radius 2 is 1.82 bits per heavy atom. The van der Waals surface area contributed by atoms with Crippen molar-refractivity contribution in [3.63, 3.8) is 0 Å². The summed E-state index contributed by atoms with van der Waals surface area (Å²) in [6.07, 6.45) is 0.929. The Morgan fingerprint density at radius 1 is 1.11 bits per heavy atom. The molecule has 2 heterocycles. The number of halogens is 2. The van der Waals surface area contributed by atoms with E-state index >= 15 is 0 Å². The van der Waals surface area contributed by atoms with Gasteiger partial charge in [0.15, 0.2) is 0 Å². The summed E-state index contributed by atoms with van der Waals surface area (Å²) in [5.41, 5.74) is 0.884. The molecule has 0 unspecified atom stereocenters. The number of alkyl carbamates (subject to hydrolysis) is 1. The standard InChI is InChI=1S/C19H20Cl2N4O3/c20-15-10-16(21)18(22-11-15)25-8-6-24(7-9-25)17(26)12-23-19(27)28-13-14-4-2-1-3-5-14/h1-5,10-11H,6-9,12-13H2,(H,23,27). The van der Waals surface area contributed by atoms with Crippen LogP contribution in [0.1, 0.15) is 5.56 Å². The quantitative estimate of drug-likeness (QED) is 0.801. The van der Waals surface area contributed by atoms with E-state index in [-0.39, 0.29) is 19.1 Å². The summed E-state index contributed by atoms with van der Waals surface area (Å²) in [6.45, 7) is 2.28. The smallest absolute Gasteiger partial charge is 0.407 e. The van der Waals surface area contributed by atoms with Gasteiger partial charge in [0.1, 0.15) is 19.0 Å². The SMILES string of the molecule is O=C(NCC(=O)N1CCN(c2ncc(Cl)cc2Cl)CC1)OCc1ccccc1. The van der Waals surface area contributed by atoms with Crippen LogP contribution < -0.4 is 10.2 Å². The van der Waals surface area contributed by atoms with E-state index in [2.05, 4.69) is 10.3 Å². The predicted molar refractivity (Wildman–Crippen MR) is 108 cm³/mol. The van der Waals surface area contributed by atoms with Crippen LogP contribution in [-0.4, -0.2) is 54.6 Å². The van der Waals surface area contributed by atoms with Crippen molar-refractivity contribution in [3.05, 3.63) is 58.2 Å². The van der Waals surface area contributed by atoms with Crippen LogP contribution in [-0.2, 0) is 16.1 Å². The minimum atomic E-state index is -0.618. The molecule has 1 aromatic carbocycles. The summed E-state index contributed by atoms with van der Waals surface area (Å²) in [5.74, 6) is 0.493. The molecule has 28 heavy (non-hydrogen) atoms. The molecule has 1 aromatic heterocycles. The number of nitrogens with one attached hydrogen (secondary N) is 1. The van der Waals surface area contributed by atoms with Gasteiger partial charge in [-0.05, 0) is 11.6 Å². The fraction of sp³-hybridized carbons (Fsp3) is 0.316. The molecule has 1 aliphatic rings. The van der Waals surface area contributed by atoms with E-state index < -0.39 is 6.09 Å². The van der Waals surface area contributed by atoms with Gasteiger partial charge in [0.05, 0.1) is 10.0 Å². The highest BCUT2D eigenvalue weighted by Crippen LogP contribution is 2.26. The molecule has 1 aliphatic heterocycles. The largest absolute Gasteiger partial charge is 0.445 e. The molecule has 2 amide bonds. The lowest BCUT2D eigenvalue weighted by atomic mass is 10.2. The first-order valence-electron chi connectivity index (χ1n) is 8.81. The van der Waals surface area contributed by atoms with Gasteiger partial charge >= 0.3 is 6.09 Å². The molecule has 1 saturated heterocycles. The Labute approximate surface area is 173 Å². The molecule has 2 aromatic rings. The third-order valence-corrected chi connectivity index (χ3v) is 4.80. The van der Waals surface area contributed by atoms with Gasteiger partial charge in [0.25, 0.3) is 0 Å². The lowest BCUT2D eigenvalue weighted by molar-refractivity contribution is -0.130. The van der Waals surface area contributed by atoms with Crippen LogP contribution in [0.25, 0.3) is 0 Å². The van der Waals surface area contributed by atoms with E-state index in [4.69, 9.17) is 27.9 Å². The molecule has 0 radical (unpaired) electrons. The highest BCUT2D eigenvalue weighted by Gasteiger charge is 2.23. The summed E-state index contributed by atoms with van der Waals surface area (Å²) >= 11 is 12.1. The third kappa shape index (κ3) is 5.50. The second-order valence-electron chi connectivity index (χ2n) is 6.24. The molecule has 0 atom stereocenters. The Hall–Kier alpha value is -2.51. The highest BCUT2D eigenvalue weighted by molar-refractivity contribution is 6.36. The first-order valence-corrected chi connectivity index (χ1v) is 9.57. The van der Waals surface area contributed by atoms with Crippen LogP contribution in [0.3, 0.4) is 0 Å². The highest BCUT2D eigenvalue weighted by atomic mass is 35.5. The van der Waals surface area contributed by atoms with Crippen molar-refractivity contribution in [3.8, 4) is 0 Å². The fourth-order valence-electron chi connectivity index (χ4n) is 2.84. The average molecular weight is 423 g/mol. The Morgan fingerprint density at radius 3 is 2.50 bits per heavy atom. The van der Waals surface area contributed by atoms with Gasteiger partial charge in [-0.25, -0.2) is 9.78 Å². The molecule has 3 rings (SSSR count). The van der Waals surface area contributed by atoms with Crippen LogP contribution >= 0.6 is 23.2 Å². The lowest BCUT2D eigenvalue weighted by Gasteiger charge is -2.35. The zero-order valence-electron chi connectivity index (χ0n) is 15.1. The zero-order valence-corrected chi connectivity index (χ0v) is 16.6. The predicted octanol–water partition coefficient (Wildman–Crippen LogP) is 2.96. The van der Waals surface area contributed by atoms with Crippen LogP contribution in [0, 0.1) is 0 Å². The van der Waals surface area contributed by atoms with E-state index in [1.165, 1.54) is 0 Å². The molecule has 148 valence electrons. The van der Waals surface area contributed by atoms with E-state index in [0.29, 0.717) is 42.0 Å². The van der Waals surface area contributed by atoms with Gasteiger partial charge in [0.2, 0.25) is 5.91 Å². The third-order valence-electron chi connectivity index (χ3n) is 4.32. The van der Waals surface area contributed by atoms with Crippen LogP contribution in [0.5, 0.6) is 0 Å². The molecule has 0 saturated carbocycles. The molecule has 9 heteroatoms. The van der Waals surface area contributed by atoms with Crippen LogP contribution in [0.4, 0.5) is 10.6 Å². The van der Waals surface area contributed by atoms with Gasteiger partial charge in [0, 0.05) is 32.4 Å². The van der Waals surface area contributed by atoms with Crippen molar-refractivity contribution in [2.45, 2.75) is 6.61 Å². The number of carbonyl (C=O) groups is 2. The van der Waals surface area contributed by atoms with Crippen LogP contribution in [0.2, 0.25) is 10.0 Å². The summed E-state index contributed by atoms with van der Waals surface area (Å²) < 4.78 is 5.10. The molecule has 7 nitrogen and oxygen atoms in total. The van der Waals surface area contributed by atoms with E-state index in [0.717, 1.165) is 5.56 Å². The number of hydrogen-bond donors (Lipinski definition) is 1. The Balaban J connectivity index is 1.40. The van der Waals surface area contributed by atoms with Gasteiger partial charge in [-0.15, -0.1) is 0 Å². The minimum absolute atomic E-state index is 0.104. The second-order valence-corrected chi connectivity index (χ2v) is 7.09. The van der Waals surface area contributed by atoms with E-state index in [1.807, 2.05) is 35.2 Å². The molecule has 0 spiro atoms. The van der Waals surface area contributed by atoms with Crippen molar-refractivity contribution >= 4 is 41.0 Å². The summed E-state index contributed by atoms with van der Waals surface area (Å²) in [7, 11) is 0. The van der Waals surface area contributed by atoms with Crippen molar-refractivity contribution in [2.75, 3.05) is 37.6 Å². The number of pyridine rings is 1. The molecule has 1 fully saturated rings. The number of piperazine rings is 1. The van der Waals surface area contributed by atoms with Gasteiger partial charge < -0.3 is 19.9 Å². The average Bonchev–Trinajstić information content (AvgIpc) is 2.71. The summed E-state index contributed by atoms with van der Waals surface area (Å²) in [6, 6.07) is 11.0. The number of aromatic nitrogens is 1. The maximum absolute atomic E-state index is 12.3. The maximum atomic E-state index is 12.3.